The molecule has 0 spiro atoms. The first-order valence-electron chi connectivity index (χ1n) is 6.25. The first-order valence-corrected chi connectivity index (χ1v) is 9.96. The van der Waals surface area contributed by atoms with E-state index in [-0.39, 0.29) is 25.2 Å². The SMILES string of the molecule is C=C(COC(C)=O)/C(=C/C[Si](C)(C)C)COC(C)=O. The van der Waals surface area contributed by atoms with Crippen LogP contribution in [0.2, 0.25) is 25.7 Å². The lowest BCUT2D eigenvalue weighted by Gasteiger charge is -2.16. The van der Waals surface area contributed by atoms with Gasteiger partial charge in [0.25, 0.3) is 0 Å². The van der Waals surface area contributed by atoms with E-state index in [0.29, 0.717) is 5.57 Å². The summed E-state index contributed by atoms with van der Waals surface area (Å²) < 4.78 is 9.92. The highest BCUT2D eigenvalue weighted by Gasteiger charge is 2.13. The second-order valence-corrected chi connectivity index (χ2v) is 11.2. The Morgan fingerprint density at radius 2 is 1.53 bits per heavy atom. The Kier molecular flexibility index (Phi) is 7.37. The zero-order valence-corrected chi connectivity index (χ0v) is 13.5. The van der Waals surface area contributed by atoms with E-state index in [1.54, 1.807) is 0 Å². The van der Waals surface area contributed by atoms with Crippen LogP contribution in [0.1, 0.15) is 13.8 Å². The molecule has 0 unspecified atom stereocenters. The Labute approximate surface area is 116 Å². The van der Waals surface area contributed by atoms with E-state index in [1.165, 1.54) is 13.8 Å². The number of ether oxygens (including phenoxy) is 2. The van der Waals surface area contributed by atoms with E-state index in [4.69, 9.17) is 9.47 Å². The maximum Gasteiger partial charge on any atom is 0.302 e. The minimum atomic E-state index is -1.23. The van der Waals surface area contributed by atoms with Crippen molar-refractivity contribution in [1.82, 2.24) is 0 Å². The fourth-order valence-corrected chi connectivity index (χ4v) is 2.05. The van der Waals surface area contributed by atoms with E-state index < -0.39 is 8.07 Å². The van der Waals surface area contributed by atoms with Crippen LogP contribution in [0.3, 0.4) is 0 Å². The van der Waals surface area contributed by atoms with Gasteiger partial charge in [-0.25, -0.2) is 0 Å². The molecule has 0 aliphatic carbocycles. The molecule has 0 fully saturated rings. The van der Waals surface area contributed by atoms with Crippen molar-refractivity contribution in [3.8, 4) is 0 Å². The fraction of sp³-hybridized carbons (Fsp3) is 0.571. The van der Waals surface area contributed by atoms with Crippen molar-refractivity contribution < 1.29 is 19.1 Å². The van der Waals surface area contributed by atoms with Crippen LogP contribution in [0, 0.1) is 0 Å². The third kappa shape index (κ3) is 10.3. The lowest BCUT2D eigenvalue weighted by atomic mass is 10.1. The van der Waals surface area contributed by atoms with E-state index >= 15 is 0 Å². The van der Waals surface area contributed by atoms with Gasteiger partial charge in [-0.3, -0.25) is 9.59 Å². The monoisotopic (exact) mass is 284 g/mol. The Hall–Kier alpha value is -1.36. The number of esters is 2. The van der Waals surface area contributed by atoms with Crippen molar-refractivity contribution in [3.63, 3.8) is 0 Å². The summed E-state index contributed by atoms with van der Waals surface area (Å²) in [6, 6.07) is 0.961. The normalized spacial score (nSPS) is 11.9. The van der Waals surface area contributed by atoms with Gasteiger partial charge in [0.2, 0.25) is 0 Å². The van der Waals surface area contributed by atoms with Crippen molar-refractivity contribution >= 4 is 20.0 Å². The van der Waals surface area contributed by atoms with Gasteiger partial charge in [-0.15, -0.1) is 0 Å². The van der Waals surface area contributed by atoms with E-state index in [9.17, 15) is 9.59 Å². The largest absolute Gasteiger partial charge is 0.461 e. The molecular weight excluding hydrogens is 260 g/mol. The Morgan fingerprint density at radius 3 is 1.95 bits per heavy atom. The number of hydrogen-bond donors (Lipinski definition) is 0. The molecule has 0 aromatic carbocycles. The zero-order valence-electron chi connectivity index (χ0n) is 12.5. The highest BCUT2D eigenvalue weighted by atomic mass is 28.3. The summed E-state index contributed by atoms with van der Waals surface area (Å²) in [4.78, 5) is 21.7. The molecule has 0 bridgehead atoms. The highest BCUT2D eigenvalue weighted by molar-refractivity contribution is 6.76. The molecular formula is C14H24O4Si. The average molecular weight is 284 g/mol. The zero-order chi connectivity index (χ0) is 15.1. The van der Waals surface area contributed by atoms with Gasteiger partial charge >= 0.3 is 11.9 Å². The quantitative estimate of drug-likeness (QED) is 0.410. The number of carbonyl (C=O) groups excluding carboxylic acids is 2. The molecule has 19 heavy (non-hydrogen) atoms. The standard InChI is InChI=1S/C14H24O4Si/c1-11(9-17-12(2)15)14(10-18-13(3)16)7-8-19(4,5)6/h7H,1,8-10H2,2-6H3/b14-7+. The summed E-state index contributed by atoms with van der Waals surface area (Å²) in [5.74, 6) is -0.683. The number of hydrogen-bond acceptors (Lipinski definition) is 4. The first kappa shape index (κ1) is 17.6. The van der Waals surface area contributed by atoms with Crippen LogP contribution >= 0.6 is 0 Å². The molecule has 0 aromatic heterocycles. The summed E-state index contributed by atoms with van der Waals surface area (Å²) in [5.41, 5.74) is 1.51. The molecule has 0 heterocycles. The molecule has 0 aliphatic heterocycles. The molecule has 0 saturated carbocycles. The third-order valence-electron chi connectivity index (χ3n) is 2.30. The number of rotatable bonds is 7. The minimum Gasteiger partial charge on any atom is -0.461 e. The molecule has 0 atom stereocenters. The molecule has 108 valence electrons. The van der Waals surface area contributed by atoms with Crippen LogP contribution in [0.5, 0.6) is 0 Å². The Morgan fingerprint density at radius 1 is 1.05 bits per heavy atom. The van der Waals surface area contributed by atoms with Gasteiger partial charge in [0.1, 0.15) is 13.2 Å². The predicted octanol–water partition coefficient (Wildman–Crippen LogP) is 2.93. The van der Waals surface area contributed by atoms with Crippen LogP contribution in [-0.4, -0.2) is 33.2 Å². The number of allylic oxidation sites excluding steroid dienone is 1. The molecule has 0 amide bonds. The minimum absolute atomic E-state index is 0.133. The fourth-order valence-electron chi connectivity index (χ4n) is 1.20. The summed E-state index contributed by atoms with van der Waals surface area (Å²) in [7, 11) is -1.23. The molecule has 0 N–H and O–H groups in total. The third-order valence-corrected chi connectivity index (χ3v) is 3.72. The molecule has 0 radical (unpaired) electrons. The summed E-state index contributed by atoms with van der Waals surface area (Å²) in [6.45, 7) is 13.7. The summed E-state index contributed by atoms with van der Waals surface area (Å²) in [6.07, 6.45) is 2.04. The lowest BCUT2D eigenvalue weighted by molar-refractivity contribution is -0.141. The number of carbonyl (C=O) groups is 2. The van der Waals surface area contributed by atoms with Crippen molar-refractivity contribution in [1.29, 1.82) is 0 Å². The van der Waals surface area contributed by atoms with Gasteiger partial charge in [-0.05, 0) is 17.2 Å². The van der Waals surface area contributed by atoms with Gasteiger partial charge in [-0.2, -0.15) is 0 Å². The molecule has 0 aromatic rings. The van der Waals surface area contributed by atoms with Crippen molar-refractivity contribution in [2.75, 3.05) is 13.2 Å². The first-order chi connectivity index (χ1) is 8.61. The smallest absolute Gasteiger partial charge is 0.302 e. The topological polar surface area (TPSA) is 52.6 Å². The Balaban J connectivity index is 4.69. The maximum absolute atomic E-state index is 10.9. The van der Waals surface area contributed by atoms with Crippen LogP contribution in [-0.2, 0) is 19.1 Å². The van der Waals surface area contributed by atoms with Crippen LogP contribution in [0.25, 0.3) is 0 Å². The van der Waals surface area contributed by atoms with Gasteiger partial charge in [0, 0.05) is 21.9 Å². The van der Waals surface area contributed by atoms with E-state index in [0.717, 1.165) is 11.6 Å². The van der Waals surface area contributed by atoms with Crippen molar-refractivity contribution in [3.05, 3.63) is 23.8 Å². The van der Waals surface area contributed by atoms with Gasteiger partial charge < -0.3 is 9.47 Å². The summed E-state index contributed by atoms with van der Waals surface area (Å²) in [5, 5.41) is 0. The lowest BCUT2D eigenvalue weighted by Crippen LogP contribution is -2.18. The molecule has 0 saturated heterocycles. The summed E-state index contributed by atoms with van der Waals surface area (Å²) >= 11 is 0. The predicted molar refractivity (Wildman–Crippen MR) is 78.6 cm³/mol. The van der Waals surface area contributed by atoms with E-state index in [2.05, 4.69) is 26.2 Å². The van der Waals surface area contributed by atoms with Crippen molar-refractivity contribution in [2.24, 2.45) is 0 Å². The average Bonchev–Trinajstić information content (AvgIpc) is 2.24. The van der Waals surface area contributed by atoms with Crippen LogP contribution < -0.4 is 0 Å². The Bertz CT molecular complexity index is 377. The van der Waals surface area contributed by atoms with Crippen LogP contribution in [0.15, 0.2) is 23.8 Å². The maximum atomic E-state index is 10.9. The van der Waals surface area contributed by atoms with Crippen LogP contribution in [0.4, 0.5) is 0 Å². The molecule has 0 aliphatic rings. The molecule has 5 heteroatoms. The second kappa shape index (κ2) is 7.94. The van der Waals surface area contributed by atoms with E-state index in [1.807, 2.05) is 6.08 Å². The molecule has 4 nitrogen and oxygen atoms in total. The molecule has 0 rings (SSSR count). The van der Waals surface area contributed by atoms with Crippen molar-refractivity contribution in [2.45, 2.75) is 39.5 Å². The highest BCUT2D eigenvalue weighted by Crippen LogP contribution is 2.16. The van der Waals surface area contributed by atoms with Gasteiger partial charge in [0.05, 0.1) is 0 Å². The second-order valence-electron chi connectivity index (χ2n) is 5.66. The van der Waals surface area contributed by atoms with Gasteiger partial charge in [0.15, 0.2) is 0 Å². The van der Waals surface area contributed by atoms with Gasteiger partial charge in [-0.1, -0.05) is 32.3 Å².